The lowest BCUT2D eigenvalue weighted by atomic mass is 9.71. The Kier molecular flexibility index (Phi) is 10.0. The van der Waals surface area contributed by atoms with Gasteiger partial charge in [-0.15, -0.1) is 0 Å². The minimum Gasteiger partial charge on any atom is -0.497 e. The third-order valence-electron chi connectivity index (χ3n) is 7.88. The molecular formula is C31H28ClF7N2O3. The molecule has 1 atom stereocenters. The molecule has 3 aromatic rings. The van der Waals surface area contributed by atoms with Crippen molar-refractivity contribution in [2.75, 3.05) is 26.7 Å². The number of aromatic nitrogens is 1. The van der Waals surface area contributed by atoms with Crippen LogP contribution in [0.15, 0.2) is 42.6 Å². The summed E-state index contributed by atoms with van der Waals surface area (Å²) >= 11 is 6.34. The van der Waals surface area contributed by atoms with Gasteiger partial charge in [0.2, 0.25) is 0 Å². The second-order valence-electron chi connectivity index (χ2n) is 10.9. The summed E-state index contributed by atoms with van der Waals surface area (Å²) in [7, 11) is 1.48. The summed E-state index contributed by atoms with van der Waals surface area (Å²) < 4.78 is 99.8. The molecule has 0 spiro atoms. The maximum atomic E-state index is 15.8. The first-order chi connectivity index (χ1) is 20.6. The monoisotopic (exact) mass is 644 g/mol. The maximum absolute atomic E-state index is 15.8. The van der Waals surface area contributed by atoms with E-state index in [0.29, 0.717) is 54.7 Å². The smallest absolute Gasteiger partial charge is 0.416 e. The summed E-state index contributed by atoms with van der Waals surface area (Å²) in [4.78, 5) is 17.8. The predicted molar refractivity (Wildman–Crippen MR) is 150 cm³/mol. The second-order valence-corrected chi connectivity index (χ2v) is 11.3. The number of alkyl halides is 7. The molecule has 0 amide bonds. The van der Waals surface area contributed by atoms with Crippen molar-refractivity contribution in [1.82, 2.24) is 9.88 Å². The zero-order valence-electron chi connectivity index (χ0n) is 23.5. The zero-order valence-corrected chi connectivity index (χ0v) is 24.2. The Morgan fingerprint density at radius 1 is 1.09 bits per heavy atom. The van der Waals surface area contributed by atoms with Crippen molar-refractivity contribution in [3.8, 4) is 17.6 Å². The van der Waals surface area contributed by atoms with Crippen molar-refractivity contribution in [3.63, 3.8) is 0 Å². The van der Waals surface area contributed by atoms with Crippen LogP contribution in [0, 0.1) is 17.3 Å². The number of carboxylic acid groups (broad SMARTS) is 1. The van der Waals surface area contributed by atoms with E-state index in [1.54, 1.807) is 18.2 Å². The fraction of sp³-hybridized carbons (Fsp3) is 0.419. The van der Waals surface area contributed by atoms with Gasteiger partial charge < -0.3 is 9.84 Å². The number of pyridine rings is 1. The fourth-order valence-corrected chi connectivity index (χ4v) is 5.76. The van der Waals surface area contributed by atoms with Gasteiger partial charge in [0.25, 0.3) is 0 Å². The van der Waals surface area contributed by atoms with Crippen molar-refractivity contribution in [1.29, 1.82) is 0 Å². The molecule has 1 aliphatic rings. The van der Waals surface area contributed by atoms with E-state index in [9.17, 15) is 36.2 Å². The Balaban J connectivity index is 1.45. The second kappa shape index (κ2) is 13.2. The van der Waals surface area contributed by atoms with Gasteiger partial charge in [-0.05, 0) is 80.6 Å². The Bertz CT molecular complexity index is 1540. The van der Waals surface area contributed by atoms with E-state index < -0.39 is 46.6 Å². The fourth-order valence-electron chi connectivity index (χ4n) is 5.49. The topological polar surface area (TPSA) is 62.7 Å². The van der Waals surface area contributed by atoms with Crippen LogP contribution in [0.5, 0.6) is 5.75 Å². The maximum Gasteiger partial charge on any atom is 0.416 e. The third-order valence-corrected chi connectivity index (χ3v) is 8.18. The number of aliphatic carboxylic acids is 1. The predicted octanol–water partition coefficient (Wildman–Crippen LogP) is 8.33. The van der Waals surface area contributed by atoms with E-state index in [0.717, 1.165) is 0 Å². The van der Waals surface area contributed by atoms with Gasteiger partial charge in [0.15, 0.2) is 0 Å². The van der Waals surface area contributed by atoms with Crippen LogP contribution in [-0.2, 0) is 17.1 Å². The minimum absolute atomic E-state index is 0.000212. The Labute approximate surface area is 254 Å². The van der Waals surface area contributed by atoms with Gasteiger partial charge in [-0.1, -0.05) is 23.4 Å². The SMILES string of the molecule is COc1ccc2ncc(Cl)c([C@H](F)CCC3(CC(=O)O)CCN(CC#Cc4cc(C(F)(F)F)cc(C(F)(F)F)c4)CC3)c2c1. The highest BCUT2D eigenvalue weighted by Crippen LogP contribution is 2.44. The average Bonchev–Trinajstić information content (AvgIpc) is 2.95. The number of fused-ring (bicyclic) bond motifs is 1. The Morgan fingerprint density at radius 3 is 2.30 bits per heavy atom. The summed E-state index contributed by atoms with van der Waals surface area (Å²) in [6.45, 7) is 0.782. The number of piperidine rings is 1. The molecule has 1 N–H and O–H groups in total. The molecule has 0 radical (unpaired) electrons. The van der Waals surface area contributed by atoms with Crippen LogP contribution in [0.4, 0.5) is 30.7 Å². The van der Waals surface area contributed by atoms with Gasteiger partial charge in [-0.3, -0.25) is 14.7 Å². The molecule has 0 saturated carbocycles. The van der Waals surface area contributed by atoms with Crippen LogP contribution >= 0.6 is 11.6 Å². The van der Waals surface area contributed by atoms with Crippen molar-refractivity contribution < 1.29 is 45.4 Å². The number of carbonyl (C=O) groups is 1. The zero-order chi connectivity index (χ0) is 32.3. The number of hydrogen-bond donors (Lipinski definition) is 1. The molecular weight excluding hydrogens is 617 g/mol. The van der Waals surface area contributed by atoms with E-state index >= 15 is 4.39 Å². The number of rotatable bonds is 8. The van der Waals surface area contributed by atoms with Crippen molar-refractivity contribution in [2.45, 2.75) is 50.6 Å². The lowest BCUT2D eigenvalue weighted by molar-refractivity contribution is -0.143. The van der Waals surface area contributed by atoms with Crippen LogP contribution in [0.3, 0.4) is 0 Å². The lowest BCUT2D eigenvalue weighted by Gasteiger charge is -2.41. The van der Waals surface area contributed by atoms with Gasteiger partial charge in [-0.25, -0.2) is 4.39 Å². The van der Waals surface area contributed by atoms with Gasteiger partial charge in [0, 0.05) is 22.7 Å². The normalized spacial score (nSPS) is 16.3. The molecule has 44 heavy (non-hydrogen) atoms. The molecule has 1 aliphatic heterocycles. The van der Waals surface area contributed by atoms with Crippen LogP contribution in [-0.4, -0.2) is 47.7 Å². The number of methoxy groups -OCH3 is 1. The number of ether oxygens (including phenoxy) is 1. The van der Waals surface area contributed by atoms with Crippen LogP contribution in [0.1, 0.15) is 60.5 Å². The summed E-state index contributed by atoms with van der Waals surface area (Å²) in [5, 5.41) is 10.3. The first kappa shape index (κ1) is 33.3. The molecule has 236 valence electrons. The molecule has 5 nitrogen and oxygen atoms in total. The summed E-state index contributed by atoms with van der Waals surface area (Å²) in [6, 6.07) is 6.21. The molecule has 4 rings (SSSR count). The number of carboxylic acids is 1. The number of benzene rings is 2. The van der Waals surface area contributed by atoms with Gasteiger partial charge in [0.1, 0.15) is 11.9 Å². The van der Waals surface area contributed by atoms with E-state index in [1.807, 2.05) is 4.90 Å². The number of nitrogens with zero attached hydrogens (tertiary/aromatic N) is 2. The molecule has 1 fully saturated rings. The van der Waals surface area contributed by atoms with Crippen LogP contribution in [0.2, 0.25) is 5.02 Å². The third kappa shape index (κ3) is 8.12. The average molecular weight is 645 g/mol. The van der Waals surface area contributed by atoms with Crippen LogP contribution < -0.4 is 4.74 Å². The standard InChI is InChI=1S/C31H28ClF7N2O3/c1-44-22-4-5-26-23(16-22)28(24(32)18-40-26)25(33)6-7-29(17-27(42)43)8-11-41(12-9-29)10-2-3-19-13-20(30(34,35)36)15-21(14-19)31(37,38)39/h4-5,13-16,18,25H,6-12,17H2,1H3,(H,42,43)/t25-/m1/s1. The summed E-state index contributed by atoms with van der Waals surface area (Å²) in [5.74, 6) is 4.50. The highest BCUT2D eigenvalue weighted by atomic mass is 35.5. The molecule has 13 heteroatoms. The van der Waals surface area contributed by atoms with Gasteiger partial charge in [0.05, 0.1) is 41.7 Å². The first-order valence-electron chi connectivity index (χ1n) is 13.6. The minimum atomic E-state index is -4.97. The van der Waals surface area contributed by atoms with Gasteiger partial charge in [-0.2, -0.15) is 26.3 Å². The summed E-state index contributed by atoms with van der Waals surface area (Å²) in [5.41, 5.74) is -3.26. The number of hydrogen-bond acceptors (Lipinski definition) is 4. The van der Waals surface area contributed by atoms with Gasteiger partial charge >= 0.3 is 18.3 Å². The van der Waals surface area contributed by atoms with Crippen molar-refractivity contribution in [3.05, 3.63) is 69.9 Å². The molecule has 2 aromatic carbocycles. The van der Waals surface area contributed by atoms with E-state index in [-0.39, 0.29) is 42.5 Å². The highest BCUT2D eigenvalue weighted by Gasteiger charge is 2.38. The quantitative estimate of drug-likeness (QED) is 0.197. The molecule has 1 saturated heterocycles. The molecule has 1 aromatic heterocycles. The number of halogens is 8. The Hall–Kier alpha value is -3.56. The molecule has 0 unspecified atom stereocenters. The van der Waals surface area contributed by atoms with E-state index in [2.05, 4.69) is 16.8 Å². The summed E-state index contributed by atoms with van der Waals surface area (Å²) in [6.07, 6.45) is -9.27. The number of likely N-dealkylation sites (tertiary alicyclic amines) is 1. The van der Waals surface area contributed by atoms with E-state index in [4.69, 9.17) is 16.3 Å². The highest BCUT2D eigenvalue weighted by molar-refractivity contribution is 6.32. The molecule has 0 aliphatic carbocycles. The molecule has 2 heterocycles. The largest absolute Gasteiger partial charge is 0.497 e. The first-order valence-corrected chi connectivity index (χ1v) is 14.0. The van der Waals surface area contributed by atoms with Crippen molar-refractivity contribution in [2.24, 2.45) is 5.41 Å². The lowest BCUT2D eigenvalue weighted by Crippen LogP contribution is -2.41. The van der Waals surface area contributed by atoms with Crippen molar-refractivity contribution >= 4 is 28.5 Å². The molecule has 0 bridgehead atoms. The van der Waals surface area contributed by atoms with Crippen LogP contribution in [0.25, 0.3) is 10.9 Å². The Morgan fingerprint density at radius 2 is 1.73 bits per heavy atom. The van der Waals surface area contributed by atoms with E-state index in [1.165, 1.54) is 13.3 Å².